The molecule has 2 rings (SSSR count). The molecule has 3 nitrogen and oxygen atoms in total. The lowest BCUT2D eigenvalue weighted by atomic mass is 9.82. The van der Waals surface area contributed by atoms with Crippen LogP contribution in [-0.4, -0.2) is 18.2 Å². The van der Waals surface area contributed by atoms with E-state index >= 15 is 0 Å². The number of aromatic hydroxyl groups is 1. The van der Waals surface area contributed by atoms with E-state index in [2.05, 4.69) is 18.7 Å². The summed E-state index contributed by atoms with van der Waals surface area (Å²) >= 11 is 0. The van der Waals surface area contributed by atoms with Crippen LogP contribution in [0.5, 0.6) is 5.75 Å². The number of nitrogens with zero attached hydrogens (tertiary/aromatic N) is 1. The van der Waals surface area contributed by atoms with Crippen molar-refractivity contribution in [1.82, 2.24) is 0 Å². The van der Waals surface area contributed by atoms with Gasteiger partial charge in [0, 0.05) is 19.6 Å². The zero-order chi connectivity index (χ0) is 12.5. The van der Waals surface area contributed by atoms with Crippen LogP contribution in [0.2, 0.25) is 0 Å². The van der Waals surface area contributed by atoms with Crippen LogP contribution in [-0.2, 0) is 6.54 Å². The Morgan fingerprint density at radius 2 is 1.94 bits per heavy atom. The Morgan fingerprint density at radius 3 is 2.47 bits per heavy atom. The van der Waals surface area contributed by atoms with E-state index in [0.29, 0.717) is 17.7 Å². The van der Waals surface area contributed by atoms with Crippen LogP contribution in [0.25, 0.3) is 0 Å². The molecule has 0 saturated carbocycles. The maximum atomic E-state index is 10.0. The van der Waals surface area contributed by atoms with Crippen molar-refractivity contribution in [2.24, 2.45) is 11.1 Å². The minimum absolute atomic E-state index is 0.354. The van der Waals surface area contributed by atoms with E-state index in [-0.39, 0.29) is 0 Å². The first kappa shape index (κ1) is 12.2. The van der Waals surface area contributed by atoms with Gasteiger partial charge in [0.05, 0.1) is 5.69 Å². The van der Waals surface area contributed by atoms with E-state index in [0.717, 1.165) is 24.3 Å². The maximum absolute atomic E-state index is 10.0. The first-order chi connectivity index (χ1) is 8.02. The molecule has 1 fully saturated rings. The molecule has 0 aromatic heterocycles. The highest BCUT2D eigenvalue weighted by Crippen LogP contribution is 2.35. The molecule has 0 aliphatic carbocycles. The fraction of sp³-hybridized carbons (Fsp3) is 0.571. The molecule has 3 N–H and O–H groups in total. The van der Waals surface area contributed by atoms with Crippen LogP contribution >= 0.6 is 0 Å². The number of nitrogens with two attached hydrogens (primary N) is 1. The Hall–Kier alpha value is -1.22. The summed E-state index contributed by atoms with van der Waals surface area (Å²) in [5.41, 5.74) is 7.91. The van der Waals surface area contributed by atoms with Gasteiger partial charge in [-0.1, -0.05) is 19.9 Å². The first-order valence-electron chi connectivity index (χ1n) is 6.29. The Morgan fingerprint density at radius 1 is 1.29 bits per heavy atom. The lowest BCUT2D eigenvalue weighted by molar-refractivity contribution is 0.279. The molecule has 1 heterocycles. The average Bonchev–Trinajstić information content (AvgIpc) is 2.29. The molecule has 1 aliphatic heterocycles. The Labute approximate surface area is 103 Å². The van der Waals surface area contributed by atoms with E-state index in [4.69, 9.17) is 5.73 Å². The predicted octanol–water partition coefficient (Wildman–Crippen LogP) is 2.48. The van der Waals surface area contributed by atoms with Crippen molar-refractivity contribution in [3.05, 3.63) is 23.8 Å². The number of hydrogen-bond acceptors (Lipinski definition) is 3. The number of phenolic OH excluding ortho intramolecular Hbond substituents is 1. The molecule has 94 valence electrons. The van der Waals surface area contributed by atoms with Crippen molar-refractivity contribution < 1.29 is 5.11 Å². The molecule has 0 bridgehead atoms. The van der Waals surface area contributed by atoms with Gasteiger partial charge in [0.1, 0.15) is 5.75 Å². The van der Waals surface area contributed by atoms with Crippen molar-refractivity contribution in [3.8, 4) is 5.75 Å². The molecule has 0 atom stereocenters. The zero-order valence-corrected chi connectivity index (χ0v) is 10.7. The van der Waals surface area contributed by atoms with Gasteiger partial charge in [-0.05, 0) is 36.0 Å². The van der Waals surface area contributed by atoms with Crippen molar-refractivity contribution >= 4 is 5.69 Å². The molecule has 0 unspecified atom stereocenters. The quantitative estimate of drug-likeness (QED) is 0.826. The average molecular weight is 234 g/mol. The number of rotatable bonds is 2. The largest absolute Gasteiger partial charge is 0.506 e. The van der Waals surface area contributed by atoms with Crippen LogP contribution < -0.4 is 10.6 Å². The van der Waals surface area contributed by atoms with Crippen LogP contribution in [0.3, 0.4) is 0 Å². The monoisotopic (exact) mass is 234 g/mol. The minimum atomic E-state index is 0.354. The third kappa shape index (κ3) is 2.72. The normalized spacial score (nSPS) is 19.4. The Bertz CT molecular complexity index is 391. The SMILES string of the molecule is CC1(C)CCN(c2ccc(CN)cc2O)CC1. The van der Waals surface area contributed by atoms with Crippen LogP contribution in [0.4, 0.5) is 5.69 Å². The van der Waals surface area contributed by atoms with Crippen molar-refractivity contribution in [3.63, 3.8) is 0 Å². The van der Waals surface area contributed by atoms with Gasteiger partial charge in [0.15, 0.2) is 0 Å². The second-order valence-electron chi connectivity index (χ2n) is 5.68. The number of phenols is 1. The molecule has 1 aromatic rings. The van der Waals surface area contributed by atoms with Crippen molar-refractivity contribution in [1.29, 1.82) is 0 Å². The van der Waals surface area contributed by atoms with Gasteiger partial charge in [-0.15, -0.1) is 0 Å². The van der Waals surface area contributed by atoms with Crippen molar-refractivity contribution in [2.75, 3.05) is 18.0 Å². The van der Waals surface area contributed by atoms with Gasteiger partial charge in [-0.3, -0.25) is 0 Å². The third-order valence-corrected chi connectivity index (χ3v) is 3.73. The smallest absolute Gasteiger partial charge is 0.139 e. The van der Waals surface area contributed by atoms with Crippen LogP contribution in [0, 0.1) is 5.41 Å². The van der Waals surface area contributed by atoms with E-state index in [9.17, 15) is 5.11 Å². The van der Waals surface area contributed by atoms with Crippen LogP contribution in [0.15, 0.2) is 18.2 Å². The summed E-state index contributed by atoms with van der Waals surface area (Å²) in [5.74, 6) is 0.354. The second kappa shape index (κ2) is 4.57. The van der Waals surface area contributed by atoms with Gasteiger partial charge >= 0.3 is 0 Å². The van der Waals surface area contributed by atoms with E-state index in [1.807, 2.05) is 12.1 Å². The highest BCUT2D eigenvalue weighted by Gasteiger charge is 2.26. The molecule has 0 spiro atoms. The summed E-state index contributed by atoms with van der Waals surface area (Å²) in [6, 6.07) is 5.75. The van der Waals surface area contributed by atoms with Gasteiger partial charge in [0.25, 0.3) is 0 Å². The molecule has 3 heteroatoms. The van der Waals surface area contributed by atoms with E-state index < -0.39 is 0 Å². The highest BCUT2D eigenvalue weighted by atomic mass is 16.3. The molecular weight excluding hydrogens is 212 g/mol. The minimum Gasteiger partial charge on any atom is -0.506 e. The fourth-order valence-corrected chi connectivity index (χ4v) is 2.32. The summed E-state index contributed by atoms with van der Waals surface area (Å²) in [7, 11) is 0. The topological polar surface area (TPSA) is 49.5 Å². The summed E-state index contributed by atoms with van der Waals surface area (Å²) in [6.07, 6.45) is 2.34. The Balaban J connectivity index is 2.13. The Kier molecular flexibility index (Phi) is 3.29. The molecule has 17 heavy (non-hydrogen) atoms. The first-order valence-corrected chi connectivity index (χ1v) is 6.29. The summed E-state index contributed by atoms with van der Waals surface area (Å²) in [5, 5.41) is 10.0. The number of anilines is 1. The lowest BCUT2D eigenvalue weighted by Crippen LogP contribution is -2.37. The van der Waals surface area contributed by atoms with Gasteiger partial charge in [-0.25, -0.2) is 0 Å². The molecule has 1 saturated heterocycles. The zero-order valence-electron chi connectivity index (χ0n) is 10.7. The second-order valence-corrected chi connectivity index (χ2v) is 5.68. The van der Waals surface area contributed by atoms with Gasteiger partial charge < -0.3 is 15.7 Å². The summed E-state index contributed by atoms with van der Waals surface area (Å²) in [6.45, 7) is 7.12. The maximum Gasteiger partial charge on any atom is 0.139 e. The molecular formula is C14H22N2O. The summed E-state index contributed by atoms with van der Waals surface area (Å²) in [4.78, 5) is 2.26. The number of hydrogen-bond donors (Lipinski definition) is 2. The fourth-order valence-electron chi connectivity index (χ4n) is 2.32. The van der Waals surface area contributed by atoms with Crippen LogP contribution in [0.1, 0.15) is 32.3 Å². The molecule has 1 aliphatic rings. The third-order valence-electron chi connectivity index (χ3n) is 3.73. The summed E-state index contributed by atoms with van der Waals surface area (Å²) < 4.78 is 0. The van der Waals surface area contributed by atoms with Gasteiger partial charge in [0.2, 0.25) is 0 Å². The number of piperidine rings is 1. The molecule has 0 radical (unpaired) electrons. The van der Waals surface area contributed by atoms with E-state index in [1.165, 1.54) is 12.8 Å². The lowest BCUT2D eigenvalue weighted by Gasteiger charge is -2.38. The number of benzene rings is 1. The predicted molar refractivity (Wildman–Crippen MR) is 71.2 cm³/mol. The van der Waals surface area contributed by atoms with Crippen molar-refractivity contribution in [2.45, 2.75) is 33.2 Å². The van der Waals surface area contributed by atoms with E-state index in [1.54, 1.807) is 6.07 Å². The standard InChI is InChI=1S/C14H22N2O/c1-14(2)5-7-16(8-6-14)12-4-3-11(10-15)9-13(12)17/h3-4,9,17H,5-8,10,15H2,1-2H3. The molecule has 1 aromatic carbocycles. The van der Waals surface area contributed by atoms with Gasteiger partial charge in [-0.2, -0.15) is 0 Å². The molecule has 0 amide bonds. The highest BCUT2D eigenvalue weighted by molar-refractivity contribution is 5.59.